The number of ether oxygens (including phenoxy) is 3. The highest BCUT2D eigenvalue weighted by Gasteiger charge is 2.12. The van der Waals surface area contributed by atoms with Crippen molar-refractivity contribution in [3.05, 3.63) is 25.3 Å². The van der Waals surface area contributed by atoms with Gasteiger partial charge in [0, 0.05) is 6.07 Å². The molecule has 3 heteroatoms. The molecule has 0 amide bonds. The van der Waals surface area contributed by atoms with E-state index in [1.54, 1.807) is 18.2 Å². The van der Waals surface area contributed by atoms with Gasteiger partial charge in [0.2, 0.25) is 6.79 Å². The lowest BCUT2D eigenvalue weighted by atomic mass is 10.3. The molecule has 0 atom stereocenters. The van der Waals surface area contributed by atoms with Gasteiger partial charge in [-0.1, -0.05) is 0 Å². The quantitative estimate of drug-likeness (QED) is 0.570. The first-order valence-corrected chi connectivity index (χ1v) is 3.22. The van der Waals surface area contributed by atoms with Gasteiger partial charge in [-0.3, -0.25) is 0 Å². The molecule has 0 saturated heterocycles. The number of hydrogen-bond donors (Lipinski definition) is 0. The van der Waals surface area contributed by atoms with Crippen molar-refractivity contribution in [2.24, 2.45) is 0 Å². The van der Waals surface area contributed by atoms with Crippen molar-refractivity contribution in [3.8, 4) is 17.2 Å². The zero-order chi connectivity index (χ0) is 7.68. The second-order valence-corrected chi connectivity index (χ2v) is 2.16. The minimum absolute atomic E-state index is 0.288. The molecule has 0 spiro atoms. The van der Waals surface area contributed by atoms with Gasteiger partial charge < -0.3 is 14.2 Å². The monoisotopic (exact) mass is 151 g/mol. The molecule has 0 bridgehead atoms. The number of hydrogen-bond acceptors (Lipinski definition) is 3. The van der Waals surface area contributed by atoms with E-state index in [9.17, 15) is 0 Å². The third-order valence-electron chi connectivity index (χ3n) is 1.51. The zero-order valence-electron chi connectivity index (χ0n) is 5.87. The molecular formula is C8H7O3-. The molecule has 0 aliphatic carbocycles. The lowest BCUT2D eigenvalue weighted by Crippen LogP contribution is -1.92. The highest BCUT2D eigenvalue weighted by atomic mass is 16.7. The van der Waals surface area contributed by atoms with Crippen LogP contribution in [0.4, 0.5) is 0 Å². The third-order valence-corrected chi connectivity index (χ3v) is 1.51. The van der Waals surface area contributed by atoms with Gasteiger partial charge in [0.15, 0.2) is 11.5 Å². The van der Waals surface area contributed by atoms with Crippen LogP contribution in [0.5, 0.6) is 17.2 Å². The summed E-state index contributed by atoms with van der Waals surface area (Å²) >= 11 is 0. The number of fused-ring (bicyclic) bond motifs is 1. The zero-order valence-corrected chi connectivity index (χ0v) is 5.87. The van der Waals surface area contributed by atoms with Crippen LogP contribution in [0.25, 0.3) is 0 Å². The first-order chi connectivity index (χ1) is 5.40. The summed E-state index contributed by atoms with van der Waals surface area (Å²) in [6.45, 7) is 0.288. The standard InChI is InChI=1S/C8H7O3/c1-9-6-2-3-7-8(4-6)11-5-10-7/h2-4H,1,5H2/q-1. The van der Waals surface area contributed by atoms with E-state index in [0.717, 1.165) is 5.75 Å². The summed E-state index contributed by atoms with van der Waals surface area (Å²) in [6.07, 6.45) is 0. The van der Waals surface area contributed by atoms with Crippen molar-refractivity contribution in [1.29, 1.82) is 0 Å². The molecule has 2 rings (SSSR count). The summed E-state index contributed by atoms with van der Waals surface area (Å²) in [7, 11) is 3.29. The Balaban J connectivity index is 2.41. The summed E-state index contributed by atoms with van der Waals surface area (Å²) < 4.78 is 15.0. The third kappa shape index (κ3) is 0.981. The lowest BCUT2D eigenvalue weighted by molar-refractivity contribution is 0.174. The van der Waals surface area contributed by atoms with Crippen LogP contribution in [0.1, 0.15) is 0 Å². The lowest BCUT2D eigenvalue weighted by Gasteiger charge is -2.06. The highest BCUT2D eigenvalue weighted by Crippen LogP contribution is 2.34. The molecule has 3 nitrogen and oxygen atoms in total. The Morgan fingerprint density at radius 3 is 2.91 bits per heavy atom. The first-order valence-electron chi connectivity index (χ1n) is 3.22. The summed E-state index contributed by atoms with van der Waals surface area (Å²) in [6, 6.07) is 5.32. The minimum Gasteiger partial charge on any atom is -0.665 e. The van der Waals surface area contributed by atoms with E-state index in [4.69, 9.17) is 14.2 Å². The van der Waals surface area contributed by atoms with Crippen LogP contribution in [0.3, 0.4) is 0 Å². The van der Waals surface area contributed by atoms with Gasteiger partial charge in [-0.25, -0.2) is 0 Å². The molecule has 1 aromatic rings. The molecule has 0 fully saturated rings. The van der Waals surface area contributed by atoms with E-state index < -0.39 is 0 Å². The molecule has 1 aromatic carbocycles. The van der Waals surface area contributed by atoms with Crippen LogP contribution in [-0.2, 0) is 0 Å². The molecule has 0 radical (unpaired) electrons. The van der Waals surface area contributed by atoms with Gasteiger partial charge in [-0.05, 0) is 12.1 Å². The molecule has 0 N–H and O–H groups in total. The Bertz CT molecular complexity index is 270. The maximum atomic E-state index is 5.11. The SMILES string of the molecule is [CH2-]Oc1ccc2c(c1)OCO2. The molecule has 58 valence electrons. The number of benzene rings is 1. The van der Waals surface area contributed by atoms with E-state index in [1.807, 2.05) is 0 Å². The molecule has 1 heterocycles. The predicted molar refractivity (Wildman–Crippen MR) is 38.6 cm³/mol. The fourth-order valence-electron chi connectivity index (χ4n) is 0.967. The summed E-state index contributed by atoms with van der Waals surface area (Å²) in [5.74, 6) is 2.14. The largest absolute Gasteiger partial charge is 0.665 e. The first kappa shape index (κ1) is 6.34. The average Bonchev–Trinajstić information content (AvgIpc) is 2.50. The Kier molecular flexibility index (Phi) is 1.35. The van der Waals surface area contributed by atoms with Crippen molar-refractivity contribution < 1.29 is 14.2 Å². The Morgan fingerprint density at radius 2 is 2.09 bits per heavy atom. The second-order valence-electron chi connectivity index (χ2n) is 2.16. The average molecular weight is 151 g/mol. The highest BCUT2D eigenvalue weighted by molar-refractivity contribution is 5.46. The Morgan fingerprint density at radius 1 is 1.27 bits per heavy atom. The van der Waals surface area contributed by atoms with Crippen LogP contribution in [0.15, 0.2) is 18.2 Å². The van der Waals surface area contributed by atoms with Crippen LogP contribution >= 0.6 is 0 Å². The Hall–Kier alpha value is -1.38. The molecule has 0 unspecified atom stereocenters. The predicted octanol–water partition coefficient (Wildman–Crippen LogP) is 1.59. The van der Waals surface area contributed by atoms with Crippen molar-refractivity contribution in [2.45, 2.75) is 0 Å². The molecule has 1 aliphatic rings. The van der Waals surface area contributed by atoms with E-state index in [-0.39, 0.29) is 6.79 Å². The van der Waals surface area contributed by atoms with Crippen molar-refractivity contribution in [1.82, 2.24) is 0 Å². The summed E-state index contributed by atoms with van der Waals surface area (Å²) in [5.41, 5.74) is 0. The van der Waals surface area contributed by atoms with Crippen LogP contribution in [0.2, 0.25) is 0 Å². The maximum absolute atomic E-state index is 5.11. The Labute approximate surface area is 64.5 Å². The van der Waals surface area contributed by atoms with Gasteiger partial charge >= 0.3 is 0 Å². The van der Waals surface area contributed by atoms with Crippen LogP contribution in [-0.4, -0.2) is 6.79 Å². The molecule has 11 heavy (non-hydrogen) atoms. The van der Waals surface area contributed by atoms with Crippen molar-refractivity contribution in [2.75, 3.05) is 6.79 Å². The van der Waals surface area contributed by atoms with Crippen molar-refractivity contribution in [3.63, 3.8) is 0 Å². The van der Waals surface area contributed by atoms with Gasteiger partial charge in [-0.15, -0.1) is 0 Å². The smallest absolute Gasteiger partial charge is 0.231 e. The summed E-state index contributed by atoms with van der Waals surface area (Å²) in [4.78, 5) is 0. The normalized spacial score (nSPS) is 13.2. The molecular weight excluding hydrogens is 144 g/mol. The molecule has 0 saturated carbocycles. The van der Waals surface area contributed by atoms with Gasteiger partial charge in [0.25, 0.3) is 0 Å². The fraction of sp³-hybridized carbons (Fsp3) is 0.125. The van der Waals surface area contributed by atoms with E-state index in [2.05, 4.69) is 7.11 Å². The van der Waals surface area contributed by atoms with E-state index in [1.165, 1.54) is 0 Å². The van der Waals surface area contributed by atoms with Gasteiger partial charge in [0.1, 0.15) is 0 Å². The molecule has 0 aromatic heterocycles. The maximum Gasteiger partial charge on any atom is 0.231 e. The topological polar surface area (TPSA) is 27.7 Å². The van der Waals surface area contributed by atoms with E-state index in [0.29, 0.717) is 11.5 Å². The second kappa shape index (κ2) is 2.34. The van der Waals surface area contributed by atoms with Crippen molar-refractivity contribution >= 4 is 0 Å². The van der Waals surface area contributed by atoms with Crippen LogP contribution in [0, 0.1) is 7.11 Å². The fourth-order valence-corrected chi connectivity index (χ4v) is 0.967. The van der Waals surface area contributed by atoms with E-state index >= 15 is 0 Å². The molecule has 1 aliphatic heterocycles. The van der Waals surface area contributed by atoms with Gasteiger partial charge in [-0.2, -0.15) is 7.11 Å². The van der Waals surface area contributed by atoms with Gasteiger partial charge in [0.05, 0.1) is 5.75 Å². The minimum atomic E-state index is 0.288. The van der Waals surface area contributed by atoms with Crippen LogP contribution < -0.4 is 14.2 Å². The summed E-state index contributed by atoms with van der Waals surface area (Å²) in [5, 5.41) is 0. The number of rotatable bonds is 1.